The fraction of sp³-hybridized carbons (Fsp3) is 0.588. The van der Waals surface area contributed by atoms with Gasteiger partial charge in [0.15, 0.2) is 0 Å². The Morgan fingerprint density at radius 3 is 2.73 bits per heavy atom. The van der Waals surface area contributed by atoms with Crippen molar-refractivity contribution in [3.8, 4) is 0 Å². The molecule has 5 nitrogen and oxygen atoms in total. The number of piperazine rings is 1. The van der Waals surface area contributed by atoms with Crippen LogP contribution in [0.2, 0.25) is 0 Å². The molecule has 0 spiro atoms. The number of hydrogen-bond donors (Lipinski definition) is 1. The van der Waals surface area contributed by atoms with Gasteiger partial charge >= 0.3 is 6.09 Å². The van der Waals surface area contributed by atoms with Crippen molar-refractivity contribution < 1.29 is 14.3 Å². The molecule has 1 heterocycles. The number of ether oxygens (including phenoxy) is 2. The molecule has 1 atom stereocenters. The molecule has 2 rings (SSSR count). The maximum absolute atomic E-state index is 12.1. The van der Waals surface area contributed by atoms with Crippen molar-refractivity contribution in [2.75, 3.05) is 26.2 Å². The predicted molar refractivity (Wildman–Crippen MR) is 85.7 cm³/mol. The molecular formula is C17H26N2O3. The highest BCUT2D eigenvalue weighted by Crippen LogP contribution is 2.11. The van der Waals surface area contributed by atoms with Gasteiger partial charge in [-0.3, -0.25) is 0 Å². The minimum Gasteiger partial charge on any atom is -0.444 e. The van der Waals surface area contributed by atoms with E-state index in [4.69, 9.17) is 9.47 Å². The van der Waals surface area contributed by atoms with E-state index in [-0.39, 0.29) is 12.1 Å². The van der Waals surface area contributed by atoms with E-state index in [9.17, 15) is 4.79 Å². The van der Waals surface area contributed by atoms with Crippen molar-refractivity contribution in [1.82, 2.24) is 10.2 Å². The zero-order chi connectivity index (χ0) is 16.0. The van der Waals surface area contributed by atoms with E-state index in [1.807, 2.05) is 51.1 Å². The maximum atomic E-state index is 12.1. The quantitative estimate of drug-likeness (QED) is 0.928. The largest absolute Gasteiger partial charge is 0.444 e. The minimum absolute atomic E-state index is 0.144. The van der Waals surface area contributed by atoms with Gasteiger partial charge in [-0.2, -0.15) is 0 Å². The van der Waals surface area contributed by atoms with Gasteiger partial charge in [0, 0.05) is 25.7 Å². The highest BCUT2D eigenvalue weighted by Gasteiger charge is 2.27. The minimum atomic E-state index is -0.457. The van der Waals surface area contributed by atoms with Gasteiger partial charge in [-0.15, -0.1) is 0 Å². The van der Waals surface area contributed by atoms with E-state index < -0.39 is 5.60 Å². The number of hydrogen-bond acceptors (Lipinski definition) is 4. The number of nitrogens with one attached hydrogen (secondary N) is 1. The SMILES string of the molecule is CC(C)(C)OC(=O)N1CCNC(COCc2ccccc2)C1. The number of rotatable bonds is 4. The molecule has 1 aliphatic rings. The summed E-state index contributed by atoms with van der Waals surface area (Å²) in [7, 11) is 0. The van der Waals surface area contributed by atoms with Crippen LogP contribution in [0.3, 0.4) is 0 Å². The van der Waals surface area contributed by atoms with Gasteiger partial charge in [-0.25, -0.2) is 4.79 Å². The molecule has 0 bridgehead atoms. The van der Waals surface area contributed by atoms with Gasteiger partial charge in [-0.1, -0.05) is 30.3 Å². The van der Waals surface area contributed by atoms with Crippen LogP contribution in [0.1, 0.15) is 26.3 Å². The Morgan fingerprint density at radius 1 is 1.32 bits per heavy atom. The number of carbonyl (C=O) groups excluding carboxylic acids is 1. The van der Waals surface area contributed by atoms with Crippen molar-refractivity contribution in [2.45, 2.75) is 39.0 Å². The van der Waals surface area contributed by atoms with Gasteiger partial charge in [0.05, 0.1) is 13.2 Å². The number of amides is 1. The first-order valence-corrected chi connectivity index (χ1v) is 7.77. The molecule has 5 heteroatoms. The summed E-state index contributed by atoms with van der Waals surface area (Å²) in [5.41, 5.74) is 0.698. The Balaban J connectivity index is 1.75. The first kappa shape index (κ1) is 16.8. The summed E-state index contributed by atoms with van der Waals surface area (Å²) in [6.07, 6.45) is -0.248. The average Bonchev–Trinajstić information content (AvgIpc) is 2.47. The Kier molecular flexibility index (Phi) is 5.80. The molecule has 1 fully saturated rings. The van der Waals surface area contributed by atoms with Crippen LogP contribution < -0.4 is 5.32 Å². The molecule has 1 saturated heterocycles. The van der Waals surface area contributed by atoms with E-state index in [0.29, 0.717) is 26.3 Å². The zero-order valence-electron chi connectivity index (χ0n) is 13.7. The van der Waals surface area contributed by atoms with Gasteiger partial charge < -0.3 is 19.7 Å². The Morgan fingerprint density at radius 2 is 2.05 bits per heavy atom. The van der Waals surface area contributed by atoms with Crippen molar-refractivity contribution in [3.63, 3.8) is 0 Å². The number of carbonyl (C=O) groups is 1. The molecule has 0 saturated carbocycles. The third-order valence-electron chi connectivity index (χ3n) is 3.34. The summed E-state index contributed by atoms with van der Waals surface area (Å²) >= 11 is 0. The van der Waals surface area contributed by atoms with Crippen molar-refractivity contribution in [3.05, 3.63) is 35.9 Å². The second-order valence-electron chi connectivity index (χ2n) is 6.58. The Labute approximate surface area is 132 Å². The van der Waals surface area contributed by atoms with Crippen LogP contribution >= 0.6 is 0 Å². The van der Waals surface area contributed by atoms with Crippen LogP contribution in [-0.4, -0.2) is 48.9 Å². The van der Waals surface area contributed by atoms with E-state index >= 15 is 0 Å². The van der Waals surface area contributed by atoms with Crippen LogP contribution in [0, 0.1) is 0 Å². The maximum Gasteiger partial charge on any atom is 0.410 e. The molecule has 1 N–H and O–H groups in total. The molecule has 122 valence electrons. The smallest absolute Gasteiger partial charge is 0.410 e. The molecule has 1 unspecified atom stereocenters. The monoisotopic (exact) mass is 306 g/mol. The lowest BCUT2D eigenvalue weighted by atomic mass is 10.2. The highest BCUT2D eigenvalue weighted by atomic mass is 16.6. The van der Waals surface area contributed by atoms with Crippen molar-refractivity contribution in [1.29, 1.82) is 0 Å². The molecule has 1 amide bonds. The number of benzene rings is 1. The molecule has 1 aliphatic heterocycles. The lowest BCUT2D eigenvalue weighted by Crippen LogP contribution is -2.55. The lowest BCUT2D eigenvalue weighted by molar-refractivity contribution is 0.0127. The van der Waals surface area contributed by atoms with Crippen molar-refractivity contribution in [2.24, 2.45) is 0 Å². The van der Waals surface area contributed by atoms with Crippen LogP contribution in [0.25, 0.3) is 0 Å². The summed E-state index contributed by atoms with van der Waals surface area (Å²) < 4.78 is 11.2. The van der Waals surface area contributed by atoms with E-state index in [1.165, 1.54) is 0 Å². The van der Waals surface area contributed by atoms with Crippen molar-refractivity contribution >= 4 is 6.09 Å². The van der Waals surface area contributed by atoms with Gasteiger partial charge in [-0.05, 0) is 26.3 Å². The second-order valence-corrected chi connectivity index (χ2v) is 6.58. The molecule has 1 aromatic carbocycles. The van der Waals surface area contributed by atoms with Crippen LogP contribution in [0.5, 0.6) is 0 Å². The fourth-order valence-electron chi connectivity index (χ4n) is 2.32. The summed E-state index contributed by atoms with van der Waals surface area (Å²) in [4.78, 5) is 13.8. The van der Waals surface area contributed by atoms with E-state index in [2.05, 4.69) is 5.32 Å². The van der Waals surface area contributed by atoms with Crippen LogP contribution in [0.15, 0.2) is 30.3 Å². The van der Waals surface area contributed by atoms with Gasteiger partial charge in [0.25, 0.3) is 0 Å². The topological polar surface area (TPSA) is 50.8 Å². The van der Waals surface area contributed by atoms with Crippen LogP contribution in [-0.2, 0) is 16.1 Å². The summed E-state index contributed by atoms with van der Waals surface area (Å²) in [5, 5.41) is 3.38. The second kappa shape index (κ2) is 7.61. The summed E-state index contributed by atoms with van der Waals surface area (Å²) in [5.74, 6) is 0. The molecule has 1 aromatic rings. The third-order valence-corrected chi connectivity index (χ3v) is 3.34. The molecule has 22 heavy (non-hydrogen) atoms. The number of nitrogens with zero attached hydrogens (tertiary/aromatic N) is 1. The predicted octanol–water partition coefficient (Wildman–Crippen LogP) is 2.41. The Bertz CT molecular complexity index is 471. The first-order valence-electron chi connectivity index (χ1n) is 7.77. The molecular weight excluding hydrogens is 280 g/mol. The Hall–Kier alpha value is -1.59. The van der Waals surface area contributed by atoms with E-state index in [1.54, 1.807) is 4.90 Å². The van der Waals surface area contributed by atoms with Gasteiger partial charge in [0.2, 0.25) is 0 Å². The van der Waals surface area contributed by atoms with E-state index in [0.717, 1.165) is 12.1 Å². The summed E-state index contributed by atoms with van der Waals surface area (Å²) in [6, 6.07) is 10.2. The zero-order valence-corrected chi connectivity index (χ0v) is 13.7. The first-order chi connectivity index (χ1) is 10.4. The highest BCUT2D eigenvalue weighted by molar-refractivity contribution is 5.68. The molecule has 0 aromatic heterocycles. The summed E-state index contributed by atoms with van der Waals surface area (Å²) in [6.45, 7) is 8.86. The lowest BCUT2D eigenvalue weighted by Gasteiger charge is -2.34. The van der Waals surface area contributed by atoms with Gasteiger partial charge in [0.1, 0.15) is 5.60 Å². The fourth-order valence-corrected chi connectivity index (χ4v) is 2.32. The molecule has 0 radical (unpaired) electrons. The third kappa shape index (κ3) is 5.66. The average molecular weight is 306 g/mol. The normalized spacial score (nSPS) is 19.0. The standard InChI is InChI=1S/C17H26N2O3/c1-17(2,3)22-16(20)19-10-9-18-15(11-19)13-21-12-14-7-5-4-6-8-14/h4-8,15,18H,9-13H2,1-3H3. The molecule has 0 aliphatic carbocycles. The van der Waals surface area contributed by atoms with Crippen LogP contribution in [0.4, 0.5) is 4.79 Å².